The molecule has 1 aliphatic heterocycles. The van der Waals surface area contributed by atoms with E-state index in [9.17, 15) is 8.42 Å². The first kappa shape index (κ1) is 20.5. The summed E-state index contributed by atoms with van der Waals surface area (Å²) in [7, 11) is -3.76. The van der Waals surface area contributed by atoms with Gasteiger partial charge in [-0.1, -0.05) is 54.6 Å². The molecule has 0 radical (unpaired) electrons. The van der Waals surface area contributed by atoms with Crippen LogP contribution in [0.5, 0.6) is 0 Å². The molecule has 1 saturated heterocycles. The molecule has 3 aromatic rings. The fourth-order valence-corrected chi connectivity index (χ4v) is 5.93. The van der Waals surface area contributed by atoms with Crippen LogP contribution >= 0.6 is 0 Å². The van der Waals surface area contributed by atoms with Crippen molar-refractivity contribution in [3.63, 3.8) is 0 Å². The van der Waals surface area contributed by atoms with E-state index in [1.165, 1.54) is 18.4 Å². The predicted octanol–water partition coefficient (Wildman–Crippen LogP) is 5.68. The van der Waals surface area contributed by atoms with Gasteiger partial charge in [0.15, 0.2) is 0 Å². The zero-order valence-corrected chi connectivity index (χ0v) is 18.6. The van der Waals surface area contributed by atoms with Gasteiger partial charge in [-0.25, -0.2) is 8.42 Å². The predicted molar refractivity (Wildman–Crippen MR) is 125 cm³/mol. The second-order valence-corrected chi connectivity index (χ2v) is 9.67. The lowest BCUT2D eigenvalue weighted by molar-refractivity contribution is 0.601. The molecule has 0 amide bonds. The van der Waals surface area contributed by atoms with Crippen LogP contribution in [0, 0.1) is 20.8 Å². The molecule has 0 bridgehead atoms. The molecule has 1 aliphatic rings. The van der Waals surface area contributed by atoms with Crippen LogP contribution in [-0.4, -0.2) is 21.5 Å². The third kappa shape index (κ3) is 3.82. The van der Waals surface area contributed by atoms with E-state index in [-0.39, 0.29) is 0 Å². The number of anilines is 2. The number of hydrogen-bond acceptors (Lipinski definition) is 3. The zero-order valence-electron chi connectivity index (χ0n) is 17.8. The average Bonchev–Trinajstić information content (AvgIpc) is 3.26. The van der Waals surface area contributed by atoms with Gasteiger partial charge in [0.05, 0.1) is 10.6 Å². The van der Waals surface area contributed by atoms with Gasteiger partial charge in [-0.15, -0.1) is 0 Å². The number of rotatable bonds is 5. The van der Waals surface area contributed by atoms with Gasteiger partial charge in [-0.05, 0) is 61.9 Å². The highest BCUT2D eigenvalue weighted by molar-refractivity contribution is 7.92. The second kappa shape index (κ2) is 8.15. The molecule has 0 unspecified atom stereocenters. The van der Waals surface area contributed by atoms with Crippen molar-refractivity contribution in [1.82, 2.24) is 0 Å². The minimum atomic E-state index is -3.76. The number of hydrogen-bond donors (Lipinski definition) is 1. The van der Waals surface area contributed by atoms with E-state index < -0.39 is 10.0 Å². The maximum Gasteiger partial charge on any atom is 0.262 e. The van der Waals surface area contributed by atoms with E-state index in [2.05, 4.69) is 22.6 Å². The van der Waals surface area contributed by atoms with Crippen LogP contribution in [0.3, 0.4) is 0 Å². The van der Waals surface area contributed by atoms with Crippen LogP contribution in [0.1, 0.15) is 29.5 Å². The lowest BCUT2D eigenvalue weighted by atomic mass is 10.0. The van der Waals surface area contributed by atoms with Crippen molar-refractivity contribution in [2.75, 3.05) is 22.7 Å². The molecule has 30 heavy (non-hydrogen) atoms. The molecule has 0 spiro atoms. The average molecular weight is 421 g/mol. The van der Waals surface area contributed by atoms with Gasteiger partial charge in [0.25, 0.3) is 10.0 Å². The molecule has 0 aromatic heterocycles. The molecule has 156 valence electrons. The van der Waals surface area contributed by atoms with Gasteiger partial charge in [-0.3, -0.25) is 4.72 Å². The zero-order chi connectivity index (χ0) is 21.3. The first-order valence-electron chi connectivity index (χ1n) is 10.4. The quantitative estimate of drug-likeness (QED) is 0.578. The Hall–Kier alpha value is -2.79. The summed E-state index contributed by atoms with van der Waals surface area (Å²) in [4.78, 5) is 2.66. The van der Waals surface area contributed by atoms with E-state index in [0.717, 1.165) is 35.5 Å². The highest BCUT2D eigenvalue weighted by atomic mass is 32.2. The molecule has 1 N–H and O–H groups in total. The normalized spacial score (nSPS) is 14.2. The van der Waals surface area contributed by atoms with Gasteiger partial charge >= 0.3 is 0 Å². The summed E-state index contributed by atoms with van der Waals surface area (Å²) < 4.78 is 29.9. The summed E-state index contributed by atoms with van der Waals surface area (Å²) in [5, 5.41) is 0. The smallest absolute Gasteiger partial charge is 0.262 e. The fraction of sp³-hybridized carbons (Fsp3) is 0.280. The van der Waals surface area contributed by atoms with E-state index in [1.807, 2.05) is 56.3 Å². The van der Waals surface area contributed by atoms with Crippen LogP contribution in [-0.2, 0) is 10.0 Å². The van der Waals surface area contributed by atoms with Gasteiger partial charge in [0, 0.05) is 24.3 Å². The molecule has 4 rings (SSSR count). The lowest BCUT2D eigenvalue weighted by Crippen LogP contribution is -2.22. The topological polar surface area (TPSA) is 49.4 Å². The Morgan fingerprint density at radius 1 is 0.833 bits per heavy atom. The molecular weight excluding hydrogens is 392 g/mol. The first-order chi connectivity index (χ1) is 14.4. The van der Waals surface area contributed by atoms with Crippen molar-refractivity contribution in [2.24, 2.45) is 0 Å². The number of aryl methyl sites for hydroxylation is 2. The SMILES string of the molecule is Cc1cc(C)c(N2CCCC2)c(C)c1NS(=O)(=O)c1ccccc1-c1ccccc1. The maximum absolute atomic E-state index is 13.5. The van der Waals surface area contributed by atoms with Gasteiger partial charge in [0.1, 0.15) is 0 Å². The third-order valence-electron chi connectivity index (χ3n) is 5.85. The lowest BCUT2D eigenvalue weighted by Gasteiger charge is -2.26. The van der Waals surface area contributed by atoms with E-state index >= 15 is 0 Å². The van der Waals surface area contributed by atoms with Crippen LogP contribution < -0.4 is 9.62 Å². The number of nitrogens with one attached hydrogen (secondary N) is 1. The van der Waals surface area contributed by atoms with E-state index in [1.54, 1.807) is 12.1 Å². The molecule has 5 heteroatoms. The molecule has 3 aromatic carbocycles. The summed E-state index contributed by atoms with van der Waals surface area (Å²) in [6.07, 6.45) is 2.36. The summed E-state index contributed by atoms with van der Waals surface area (Å²) in [5.74, 6) is 0. The molecule has 4 nitrogen and oxygen atoms in total. The van der Waals surface area contributed by atoms with Crippen LogP contribution in [0.4, 0.5) is 11.4 Å². The Labute approximate surface area is 179 Å². The minimum absolute atomic E-state index is 0.290. The van der Waals surface area contributed by atoms with Gasteiger partial charge in [-0.2, -0.15) is 0 Å². The Morgan fingerprint density at radius 3 is 2.17 bits per heavy atom. The van der Waals surface area contributed by atoms with Crippen molar-refractivity contribution in [3.05, 3.63) is 77.4 Å². The molecule has 0 aliphatic carbocycles. The monoisotopic (exact) mass is 420 g/mol. The Morgan fingerprint density at radius 2 is 1.47 bits per heavy atom. The van der Waals surface area contributed by atoms with Crippen molar-refractivity contribution in [1.29, 1.82) is 0 Å². The van der Waals surface area contributed by atoms with Gasteiger partial charge in [0.2, 0.25) is 0 Å². The summed E-state index contributed by atoms with van der Waals surface area (Å²) in [5.41, 5.74) is 6.56. The van der Waals surface area contributed by atoms with Crippen molar-refractivity contribution in [2.45, 2.75) is 38.5 Å². The fourth-order valence-electron chi connectivity index (χ4n) is 4.51. The van der Waals surface area contributed by atoms with Crippen LogP contribution in [0.2, 0.25) is 0 Å². The summed E-state index contributed by atoms with van der Waals surface area (Å²) >= 11 is 0. The molecule has 0 saturated carbocycles. The molecule has 0 atom stereocenters. The van der Waals surface area contributed by atoms with Crippen molar-refractivity contribution >= 4 is 21.4 Å². The highest BCUT2D eigenvalue weighted by Gasteiger charge is 2.24. The summed E-state index contributed by atoms with van der Waals surface area (Å²) in [6, 6.07) is 18.9. The van der Waals surface area contributed by atoms with Crippen molar-refractivity contribution in [3.8, 4) is 11.1 Å². The Balaban J connectivity index is 1.78. The van der Waals surface area contributed by atoms with Gasteiger partial charge < -0.3 is 4.90 Å². The second-order valence-electron chi connectivity index (χ2n) is 8.02. The minimum Gasteiger partial charge on any atom is -0.371 e. The van der Waals surface area contributed by atoms with Crippen LogP contribution in [0.25, 0.3) is 11.1 Å². The van der Waals surface area contributed by atoms with Crippen molar-refractivity contribution < 1.29 is 8.42 Å². The first-order valence-corrected chi connectivity index (χ1v) is 11.9. The number of benzene rings is 3. The molecule has 1 fully saturated rings. The Bertz CT molecular complexity index is 1170. The van der Waals surface area contributed by atoms with Crippen LogP contribution in [0.15, 0.2) is 65.6 Å². The highest BCUT2D eigenvalue weighted by Crippen LogP contribution is 2.37. The van der Waals surface area contributed by atoms with E-state index in [4.69, 9.17) is 0 Å². The summed E-state index contributed by atoms with van der Waals surface area (Å²) in [6.45, 7) is 8.14. The standard InChI is InChI=1S/C25H28N2O2S/c1-18-17-19(2)25(27-15-9-10-16-27)20(3)24(18)26-30(28,29)23-14-8-7-13-22(23)21-11-5-4-6-12-21/h4-8,11-14,17,26H,9-10,15-16H2,1-3H3. The molecular formula is C25H28N2O2S. The number of nitrogens with zero attached hydrogens (tertiary/aromatic N) is 1. The Kier molecular flexibility index (Phi) is 5.56. The molecule has 1 heterocycles. The number of sulfonamides is 1. The third-order valence-corrected chi connectivity index (χ3v) is 7.26. The maximum atomic E-state index is 13.5. The largest absolute Gasteiger partial charge is 0.371 e. The van der Waals surface area contributed by atoms with E-state index in [0.29, 0.717) is 16.1 Å².